The van der Waals surface area contributed by atoms with Crippen LogP contribution in [0.15, 0.2) is 22.2 Å². The van der Waals surface area contributed by atoms with Crippen LogP contribution in [0.1, 0.15) is 34.4 Å². The van der Waals surface area contributed by atoms with Crippen molar-refractivity contribution in [3.8, 4) is 36.0 Å². The van der Waals surface area contributed by atoms with Gasteiger partial charge in [-0.1, -0.05) is 21.9 Å². The van der Waals surface area contributed by atoms with Gasteiger partial charge in [-0.25, -0.2) is 0 Å². The van der Waals surface area contributed by atoms with Crippen LogP contribution >= 0.6 is 27.3 Å². The van der Waals surface area contributed by atoms with E-state index in [4.69, 9.17) is 15.9 Å². The highest BCUT2D eigenvalue weighted by molar-refractivity contribution is 9.10. The van der Waals surface area contributed by atoms with Crippen molar-refractivity contribution < 1.29 is 14.3 Å². The fourth-order valence-electron chi connectivity index (χ4n) is 3.30. The summed E-state index contributed by atoms with van der Waals surface area (Å²) in [6.07, 6.45) is 10.5. The van der Waals surface area contributed by atoms with Gasteiger partial charge in [-0.2, -0.15) is 10.5 Å². The second kappa shape index (κ2) is 10.2. The number of hydrogen-bond donors (Lipinski definition) is 1. The molecule has 0 bridgehead atoms. The Labute approximate surface area is 193 Å². The van der Waals surface area contributed by atoms with Crippen molar-refractivity contribution >= 4 is 44.3 Å². The first-order valence-corrected chi connectivity index (χ1v) is 11.0. The highest BCUT2D eigenvalue weighted by Crippen LogP contribution is 2.38. The van der Waals surface area contributed by atoms with Gasteiger partial charge in [0.15, 0.2) is 11.5 Å². The Balaban J connectivity index is 1.90. The summed E-state index contributed by atoms with van der Waals surface area (Å²) in [5.74, 6) is 2.67. The predicted molar refractivity (Wildman–Crippen MR) is 123 cm³/mol. The van der Waals surface area contributed by atoms with Gasteiger partial charge < -0.3 is 14.8 Å². The monoisotopic (exact) mass is 495 g/mol. The minimum atomic E-state index is -0.573. The SMILES string of the molecule is C#CCOc1cc(Br)c(C=C(C#N)C(=O)Nc2sc3c(c2C#N)CCCC3)cc1OC. The number of carbonyl (C=O) groups excluding carboxylic acids is 1. The number of carbonyl (C=O) groups is 1. The molecule has 0 aliphatic heterocycles. The number of anilines is 1. The number of nitrogens with one attached hydrogen (secondary N) is 1. The molecular formula is C23H18BrN3O3S. The van der Waals surface area contributed by atoms with E-state index in [0.29, 0.717) is 32.1 Å². The molecule has 31 heavy (non-hydrogen) atoms. The van der Waals surface area contributed by atoms with Gasteiger partial charge in [-0.05, 0) is 55.0 Å². The van der Waals surface area contributed by atoms with Gasteiger partial charge in [0.05, 0.1) is 12.7 Å². The topological polar surface area (TPSA) is 95.1 Å². The van der Waals surface area contributed by atoms with Gasteiger partial charge in [0.2, 0.25) is 0 Å². The van der Waals surface area contributed by atoms with Crippen molar-refractivity contribution in [2.75, 3.05) is 19.0 Å². The van der Waals surface area contributed by atoms with Gasteiger partial charge in [-0.15, -0.1) is 17.8 Å². The second-order valence-electron chi connectivity index (χ2n) is 6.67. The number of amides is 1. The number of thiophene rings is 1. The van der Waals surface area contributed by atoms with Crippen LogP contribution in [-0.2, 0) is 17.6 Å². The third kappa shape index (κ3) is 4.91. The fraction of sp³-hybridized carbons (Fsp3) is 0.261. The van der Waals surface area contributed by atoms with E-state index in [9.17, 15) is 15.3 Å². The summed E-state index contributed by atoms with van der Waals surface area (Å²) in [5.41, 5.74) is 1.98. The standard InChI is InChI=1S/C23H18BrN3O3S/c1-3-8-30-20-11-18(24)14(10-19(20)29-2)9-15(12-25)22(28)27-23-17(13-26)16-6-4-5-7-21(16)31-23/h1,9-11H,4-8H2,2H3,(H,27,28). The maximum Gasteiger partial charge on any atom is 0.266 e. The van der Waals surface area contributed by atoms with E-state index in [1.807, 2.05) is 6.07 Å². The lowest BCUT2D eigenvalue weighted by Crippen LogP contribution is -2.13. The molecule has 1 aromatic heterocycles. The van der Waals surface area contributed by atoms with Crippen LogP contribution in [0.3, 0.4) is 0 Å². The van der Waals surface area contributed by atoms with E-state index in [1.54, 1.807) is 12.1 Å². The molecule has 0 fully saturated rings. The molecule has 1 heterocycles. The third-order valence-corrected chi connectivity index (χ3v) is 6.66. The number of nitriles is 2. The average molecular weight is 496 g/mol. The van der Waals surface area contributed by atoms with Crippen LogP contribution in [0.5, 0.6) is 11.5 Å². The smallest absolute Gasteiger partial charge is 0.266 e. The first-order valence-electron chi connectivity index (χ1n) is 9.44. The normalized spacial score (nSPS) is 12.7. The summed E-state index contributed by atoms with van der Waals surface area (Å²) in [7, 11) is 1.49. The van der Waals surface area contributed by atoms with Gasteiger partial charge in [0, 0.05) is 9.35 Å². The quantitative estimate of drug-likeness (QED) is 0.351. The summed E-state index contributed by atoms with van der Waals surface area (Å²) in [6.45, 7) is 0.0792. The molecule has 1 aliphatic carbocycles. The molecule has 0 atom stereocenters. The predicted octanol–water partition coefficient (Wildman–Crippen LogP) is 4.83. The zero-order valence-corrected chi connectivity index (χ0v) is 19.2. The van der Waals surface area contributed by atoms with Crippen molar-refractivity contribution in [1.29, 1.82) is 10.5 Å². The van der Waals surface area contributed by atoms with E-state index in [2.05, 4.69) is 33.2 Å². The number of hydrogen-bond acceptors (Lipinski definition) is 6. The Bertz CT molecular complexity index is 1180. The summed E-state index contributed by atoms with van der Waals surface area (Å²) in [5, 5.41) is 22.4. The first-order chi connectivity index (χ1) is 15.0. The molecule has 1 amide bonds. The van der Waals surface area contributed by atoms with Crippen molar-refractivity contribution in [2.45, 2.75) is 25.7 Å². The Morgan fingerprint density at radius 2 is 2.10 bits per heavy atom. The van der Waals surface area contributed by atoms with Crippen LogP contribution in [0.2, 0.25) is 0 Å². The van der Waals surface area contributed by atoms with Gasteiger partial charge in [0.25, 0.3) is 5.91 Å². The number of terminal acetylenes is 1. The molecule has 1 N–H and O–H groups in total. The number of nitrogens with zero attached hydrogens (tertiary/aromatic N) is 2. The Kier molecular flexibility index (Phi) is 7.36. The van der Waals surface area contributed by atoms with E-state index >= 15 is 0 Å². The van der Waals surface area contributed by atoms with Crippen molar-refractivity contribution in [2.24, 2.45) is 0 Å². The van der Waals surface area contributed by atoms with E-state index in [0.717, 1.165) is 36.1 Å². The molecular weight excluding hydrogens is 478 g/mol. The highest BCUT2D eigenvalue weighted by atomic mass is 79.9. The summed E-state index contributed by atoms with van der Waals surface area (Å²) < 4.78 is 11.4. The zero-order valence-electron chi connectivity index (χ0n) is 16.8. The zero-order chi connectivity index (χ0) is 22.4. The minimum absolute atomic E-state index is 0.0792. The molecule has 0 unspecified atom stereocenters. The highest BCUT2D eigenvalue weighted by Gasteiger charge is 2.23. The second-order valence-corrected chi connectivity index (χ2v) is 8.63. The molecule has 2 aromatic rings. The molecule has 0 radical (unpaired) electrons. The average Bonchev–Trinajstić information content (AvgIpc) is 3.13. The van der Waals surface area contributed by atoms with Crippen molar-refractivity contribution in [1.82, 2.24) is 0 Å². The van der Waals surface area contributed by atoms with Crippen molar-refractivity contribution in [3.05, 3.63) is 43.7 Å². The summed E-state index contributed by atoms with van der Waals surface area (Å²) in [4.78, 5) is 13.9. The Morgan fingerprint density at radius 1 is 1.32 bits per heavy atom. The number of ether oxygens (including phenoxy) is 2. The maximum atomic E-state index is 12.8. The lowest BCUT2D eigenvalue weighted by atomic mass is 9.96. The summed E-state index contributed by atoms with van der Waals surface area (Å²) >= 11 is 4.84. The van der Waals surface area contributed by atoms with E-state index in [1.165, 1.54) is 24.5 Å². The third-order valence-electron chi connectivity index (χ3n) is 4.77. The lowest BCUT2D eigenvalue weighted by Gasteiger charge is -2.11. The molecule has 0 saturated carbocycles. The number of aryl methyl sites for hydroxylation is 1. The fourth-order valence-corrected chi connectivity index (χ4v) is 4.97. The Morgan fingerprint density at radius 3 is 2.77 bits per heavy atom. The first kappa shape index (κ1) is 22.4. The lowest BCUT2D eigenvalue weighted by molar-refractivity contribution is -0.112. The van der Waals surface area contributed by atoms with Gasteiger partial charge in [0.1, 0.15) is 29.3 Å². The number of benzene rings is 1. The van der Waals surface area contributed by atoms with Crippen LogP contribution in [-0.4, -0.2) is 19.6 Å². The van der Waals surface area contributed by atoms with Crippen LogP contribution in [0.25, 0.3) is 6.08 Å². The van der Waals surface area contributed by atoms with Gasteiger partial charge >= 0.3 is 0 Å². The molecule has 3 rings (SSSR count). The summed E-state index contributed by atoms with van der Waals surface area (Å²) in [6, 6.07) is 7.45. The minimum Gasteiger partial charge on any atom is -0.493 e. The van der Waals surface area contributed by atoms with E-state index < -0.39 is 5.91 Å². The number of halogens is 1. The van der Waals surface area contributed by atoms with Crippen LogP contribution < -0.4 is 14.8 Å². The molecule has 0 spiro atoms. The molecule has 156 valence electrons. The molecule has 0 saturated heterocycles. The van der Waals surface area contributed by atoms with Crippen molar-refractivity contribution in [3.63, 3.8) is 0 Å². The molecule has 8 heteroatoms. The maximum absolute atomic E-state index is 12.8. The van der Waals surface area contributed by atoms with E-state index in [-0.39, 0.29) is 12.2 Å². The number of fused-ring (bicyclic) bond motifs is 1. The largest absolute Gasteiger partial charge is 0.493 e. The van der Waals surface area contributed by atoms with Crippen LogP contribution in [0, 0.1) is 35.0 Å². The molecule has 1 aliphatic rings. The van der Waals surface area contributed by atoms with Crippen LogP contribution in [0.4, 0.5) is 5.00 Å². The molecule has 6 nitrogen and oxygen atoms in total. The Hall–Kier alpha value is -3.25. The van der Waals surface area contributed by atoms with Gasteiger partial charge in [-0.3, -0.25) is 4.79 Å². The number of rotatable bonds is 6. The number of methoxy groups -OCH3 is 1. The molecule has 1 aromatic carbocycles.